The fourth-order valence-electron chi connectivity index (χ4n) is 2.36. The summed E-state index contributed by atoms with van der Waals surface area (Å²) in [6.07, 6.45) is 0.494. The molecule has 0 saturated heterocycles. The molecule has 0 atom stereocenters. The van der Waals surface area contributed by atoms with Crippen LogP contribution in [0.5, 0.6) is 0 Å². The molecule has 2 heterocycles. The highest BCUT2D eigenvalue weighted by Gasteiger charge is 2.16. The molecular formula is C17H18Cl2N5+. The van der Waals surface area contributed by atoms with E-state index in [1.165, 1.54) is 0 Å². The van der Waals surface area contributed by atoms with E-state index < -0.39 is 0 Å². The topological polar surface area (TPSA) is 66.5 Å². The fraction of sp³-hybridized carbons (Fsp3) is 0.235. The minimum absolute atomic E-state index is 0.494. The van der Waals surface area contributed by atoms with Gasteiger partial charge in [-0.3, -0.25) is 5.10 Å². The second-order valence-electron chi connectivity index (χ2n) is 5.65. The van der Waals surface area contributed by atoms with Crippen molar-refractivity contribution in [2.24, 2.45) is 0 Å². The SMILES string of the molecule is Cc1cc(Nc2nc(Cc3c(Cl)cccc3[ClH+])nc(C)c2C)n[nH]1. The molecule has 0 radical (unpaired) electrons. The molecule has 2 N–H and O–H groups in total. The zero-order valence-electron chi connectivity index (χ0n) is 13.6. The third-order valence-corrected chi connectivity index (χ3v) is 4.54. The molecule has 0 spiro atoms. The summed E-state index contributed by atoms with van der Waals surface area (Å²) in [5.41, 5.74) is 3.75. The van der Waals surface area contributed by atoms with Crippen molar-refractivity contribution in [3.05, 3.63) is 62.6 Å². The lowest BCUT2D eigenvalue weighted by Gasteiger charge is -2.11. The summed E-state index contributed by atoms with van der Waals surface area (Å²) in [5.74, 6) is 2.13. The van der Waals surface area contributed by atoms with E-state index in [0.717, 1.165) is 39.2 Å². The second-order valence-corrected chi connectivity index (χ2v) is 6.50. The zero-order chi connectivity index (χ0) is 17.3. The maximum absolute atomic E-state index is 6.27. The van der Waals surface area contributed by atoms with Crippen LogP contribution in [0.3, 0.4) is 0 Å². The van der Waals surface area contributed by atoms with Crippen LogP contribution in [0.2, 0.25) is 10.0 Å². The maximum Gasteiger partial charge on any atom is 0.230 e. The minimum atomic E-state index is 0.494. The first-order valence-corrected chi connectivity index (χ1v) is 8.30. The summed E-state index contributed by atoms with van der Waals surface area (Å²) in [6, 6.07) is 7.47. The quantitative estimate of drug-likeness (QED) is 0.740. The van der Waals surface area contributed by atoms with E-state index in [1.807, 2.05) is 45.0 Å². The van der Waals surface area contributed by atoms with Gasteiger partial charge in [0.25, 0.3) is 0 Å². The Hall–Kier alpha value is -2.11. The van der Waals surface area contributed by atoms with E-state index in [-0.39, 0.29) is 0 Å². The molecule has 1 aromatic carbocycles. The number of hydrogen-bond acceptors (Lipinski definition) is 4. The van der Waals surface area contributed by atoms with Crippen LogP contribution >= 0.6 is 11.6 Å². The first-order valence-electron chi connectivity index (χ1n) is 7.51. The van der Waals surface area contributed by atoms with Gasteiger partial charge in [0.1, 0.15) is 11.6 Å². The van der Waals surface area contributed by atoms with Crippen molar-refractivity contribution >= 4 is 23.2 Å². The van der Waals surface area contributed by atoms with Gasteiger partial charge in [-0.1, -0.05) is 17.7 Å². The lowest BCUT2D eigenvalue weighted by Crippen LogP contribution is -2.07. The Morgan fingerprint density at radius 3 is 2.67 bits per heavy atom. The summed E-state index contributed by atoms with van der Waals surface area (Å²) >= 11 is 11.6. The first kappa shape index (κ1) is 16.7. The number of rotatable bonds is 4. The normalized spacial score (nSPS) is 10.9. The number of aromatic amines is 1. The molecule has 124 valence electrons. The van der Waals surface area contributed by atoms with Gasteiger partial charge in [0, 0.05) is 46.1 Å². The first-order chi connectivity index (χ1) is 11.4. The molecule has 5 nitrogen and oxygen atoms in total. The van der Waals surface area contributed by atoms with Gasteiger partial charge in [-0.15, -0.1) is 0 Å². The van der Waals surface area contributed by atoms with Crippen LogP contribution in [-0.4, -0.2) is 20.2 Å². The van der Waals surface area contributed by atoms with Gasteiger partial charge in [-0.2, -0.15) is 5.10 Å². The monoisotopic (exact) mass is 362 g/mol. The highest BCUT2D eigenvalue weighted by atomic mass is 35.5. The number of aryl methyl sites for hydroxylation is 2. The molecule has 0 aliphatic heterocycles. The number of H-pyrrole nitrogens is 1. The molecule has 0 aliphatic rings. The van der Waals surface area contributed by atoms with Crippen LogP contribution in [0.25, 0.3) is 0 Å². The summed E-state index contributed by atoms with van der Waals surface area (Å²) < 4.78 is 0. The van der Waals surface area contributed by atoms with Gasteiger partial charge < -0.3 is 5.32 Å². The number of aromatic nitrogens is 4. The van der Waals surface area contributed by atoms with Crippen LogP contribution in [-0.2, 0) is 6.42 Å². The predicted molar refractivity (Wildman–Crippen MR) is 92.9 cm³/mol. The molecule has 2 aromatic heterocycles. The van der Waals surface area contributed by atoms with E-state index in [2.05, 4.69) is 25.5 Å². The van der Waals surface area contributed by atoms with E-state index in [0.29, 0.717) is 17.3 Å². The number of halogens is 2. The molecular weight excluding hydrogens is 345 g/mol. The molecule has 0 aliphatic carbocycles. The van der Waals surface area contributed by atoms with Crippen molar-refractivity contribution in [1.82, 2.24) is 20.2 Å². The smallest absolute Gasteiger partial charge is 0.230 e. The Kier molecular flexibility index (Phi) is 4.73. The van der Waals surface area contributed by atoms with Gasteiger partial charge >= 0.3 is 0 Å². The Morgan fingerprint density at radius 2 is 2.00 bits per heavy atom. The third kappa shape index (κ3) is 3.52. The van der Waals surface area contributed by atoms with Crippen LogP contribution in [0.1, 0.15) is 28.3 Å². The molecule has 0 saturated carbocycles. The van der Waals surface area contributed by atoms with E-state index in [4.69, 9.17) is 23.2 Å². The van der Waals surface area contributed by atoms with E-state index >= 15 is 0 Å². The number of nitrogens with zero attached hydrogens (tertiary/aromatic N) is 3. The molecule has 7 heteroatoms. The van der Waals surface area contributed by atoms with Gasteiger partial charge in [0.15, 0.2) is 17.4 Å². The molecule has 0 fully saturated rings. The lowest BCUT2D eigenvalue weighted by atomic mass is 10.1. The predicted octanol–water partition coefficient (Wildman–Crippen LogP) is 3.81. The van der Waals surface area contributed by atoms with Crippen molar-refractivity contribution in [1.29, 1.82) is 0 Å². The summed E-state index contributed by atoms with van der Waals surface area (Å²) in [4.78, 5) is 9.21. The summed E-state index contributed by atoms with van der Waals surface area (Å²) in [7, 11) is 0. The average molecular weight is 363 g/mol. The van der Waals surface area contributed by atoms with Crippen LogP contribution in [0, 0.1) is 32.4 Å². The zero-order valence-corrected chi connectivity index (χ0v) is 15.2. The largest absolute Gasteiger partial charge is 0.323 e. The highest BCUT2D eigenvalue weighted by Crippen LogP contribution is 2.25. The van der Waals surface area contributed by atoms with E-state index in [1.54, 1.807) is 0 Å². The molecule has 0 bridgehead atoms. The molecule has 3 rings (SSSR count). The molecule has 0 unspecified atom stereocenters. The number of benzene rings is 1. The Morgan fingerprint density at radius 1 is 1.21 bits per heavy atom. The minimum Gasteiger partial charge on any atom is -0.323 e. The van der Waals surface area contributed by atoms with E-state index in [9.17, 15) is 0 Å². The Balaban J connectivity index is 1.95. The maximum atomic E-state index is 6.27. The van der Waals surface area contributed by atoms with Crippen LogP contribution in [0.15, 0.2) is 24.3 Å². The van der Waals surface area contributed by atoms with Gasteiger partial charge in [0.2, 0.25) is 5.02 Å². The Labute approximate surface area is 150 Å². The second kappa shape index (κ2) is 6.79. The van der Waals surface area contributed by atoms with Crippen LogP contribution in [0.4, 0.5) is 11.6 Å². The Bertz CT molecular complexity index is 868. The number of anilines is 2. The van der Waals surface area contributed by atoms with Gasteiger partial charge in [-0.25, -0.2) is 9.97 Å². The third-order valence-electron chi connectivity index (χ3n) is 3.80. The number of nitrogens with one attached hydrogen (secondary N) is 2. The van der Waals surface area contributed by atoms with Crippen molar-refractivity contribution in [2.75, 3.05) is 5.32 Å². The van der Waals surface area contributed by atoms with Crippen molar-refractivity contribution in [3.63, 3.8) is 0 Å². The van der Waals surface area contributed by atoms with Crippen molar-refractivity contribution < 1.29 is 11.6 Å². The summed E-state index contributed by atoms with van der Waals surface area (Å²) in [6.45, 7) is 5.89. The van der Waals surface area contributed by atoms with Crippen molar-refractivity contribution in [3.8, 4) is 0 Å². The average Bonchev–Trinajstić information content (AvgIpc) is 2.93. The van der Waals surface area contributed by atoms with Crippen molar-refractivity contribution in [2.45, 2.75) is 27.2 Å². The van der Waals surface area contributed by atoms with Gasteiger partial charge in [-0.05, 0) is 26.8 Å². The molecule has 3 aromatic rings. The number of hydrogen-bond donors (Lipinski definition) is 2. The molecule has 24 heavy (non-hydrogen) atoms. The fourth-order valence-corrected chi connectivity index (χ4v) is 2.92. The molecule has 0 amide bonds. The van der Waals surface area contributed by atoms with Crippen LogP contribution < -0.4 is 5.32 Å². The highest BCUT2D eigenvalue weighted by molar-refractivity contribution is 6.31. The lowest BCUT2D eigenvalue weighted by molar-refractivity contribution is -0.290. The van der Waals surface area contributed by atoms with Gasteiger partial charge in [0.05, 0.1) is 0 Å². The summed E-state index contributed by atoms with van der Waals surface area (Å²) in [5, 5.41) is 11.7. The standard InChI is InChI=1S/C17H18Cl2N5/c1-9-7-16(24-23-9)22-17-10(2)11(3)20-15(21-17)8-12-13(18)5-4-6-14(12)19/h4-7,18H,8H2,1-3H3,(H2,20,21,22,23,24)/q+1.